The minimum Gasteiger partial charge on any atom is -0.466 e. The number of esters is 1. The summed E-state index contributed by atoms with van der Waals surface area (Å²) >= 11 is 0. The second-order valence-corrected chi connectivity index (χ2v) is 3.32. The molecule has 0 saturated heterocycles. The summed E-state index contributed by atoms with van der Waals surface area (Å²) in [4.78, 5) is 14.9. The molecule has 0 spiro atoms. The Kier molecular flexibility index (Phi) is 4.96. The molecule has 0 fully saturated rings. The van der Waals surface area contributed by atoms with Crippen LogP contribution in [-0.2, 0) is 22.5 Å². The first kappa shape index (κ1) is 13.5. The van der Waals surface area contributed by atoms with Crippen molar-refractivity contribution in [2.24, 2.45) is 5.73 Å². The lowest BCUT2D eigenvalue weighted by Crippen LogP contribution is -2.13. The number of alkyl halides is 2. The number of halogens is 2. The molecule has 1 heterocycles. The molecule has 0 bridgehead atoms. The third kappa shape index (κ3) is 3.45. The number of carbonyl (C=O) groups excluding carboxylic acids is 1. The van der Waals surface area contributed by atoms with Crippen LogP contribution in [0.2, 0.25) is 0 Å². The first-order chi connectivity index (χ1) is 8.10. The standard InChI is InChI=1S/C11H14F2N2O2/c1-2-17-9(16)5-7-3-4-15-10(11(12)13)8(7)6-14/h3-4,11H,2,5-6,14H2,1H3. The van der Waals surface area contributed by atoms with Crippen LogP contribution in [0.5, 0.6) is 0 Å². The number of ether oxygens (including phenoxy) is 1. The summed E-state index contributed by atoms with van der Waals surface area (Å²) in [6.45, 7) is 1.85. The lowest BCUT2D eigenvalue weighted by atomic mass is 10.0. The molecule has 94 valence electrons. The van der Waals surface area contributed by atoms with Gasteiger partial charge in [0.2, 0.25) is 0 Å². The Balaban J connectivity index is 2.99. The molecule has 1 aromatic heterocycles. The highest BCUT2D eigenvalue weighted by Gasteiger charge is 2.18. The Morgan fingerprint density at radius 3 is 2.82 bits per heavy atom. The SMILES string of the molecule is CCOC(=O)Cc1ccnc(C(F)F)c1CN. The van der Waals surface area contributed by atoms with Crippen molar-refractivity contribution < 1.29 is 18.3 Å². The predicted molar refractivity (Wildman–Crippen MR) is 57.4 cm³/mol. The second-order valence-electron chi connectivity index (χ2n) is 3.32. The van der Waals surface area contributed by atoms with Gasteiger partial charge >= 0.3 is 5.97 Å². The molecular weight excluding hydrogens is 230 g/mol. The molecule has 0 saturated carbocycles. The molecule has 0 aliphatic heterocycles. The van der Waals surface area contributed by atoms with Gasteiger partial charge in [-0.05, 0) is 24.1 Å². The highest BCUT2D eigenvalue weighted by Crippen LogP contribution is 2.23. The lowest BCUT2D eigenvalue weighted by molar-refractivity contribution is -0.142. The molecule has 0 aliphatic carbocycles. The number of nitrogens with two attached hydrogens (primary N) is 1. The maximum Gasteiger partial charge on any atom is 0.310 e. The maximum absolute atomic E-state index is 12.6. The van der Waals surface area contributed by atoms with Crippen molar-refractivity contribution in [1.82, 2.24) is 4.98 Å². The van der Waals surface area contributed by atoms with Gasteiger partial charge in [-0.25, -0.2) is 8.78 Å². The predicted octanol–water partition coefficient (Wildman–Crippen LogP) is 1.58. The summed E-state index contributed by atoms with van der Waals surface area (Å²) in [5, 5.41) is 0. The Bertz CT molecular complexity index is 397. The van der Waals surface area contributed by atoms with Crippen molar-refractivity contribution in [3.05, 3.63) is 29.1 Å². The molecule has 0 aliphatic rings. The largest absolute Gasteiger partial charge is 0.466 e. The zero-order valence-corrected chi connectivity index (χ0v) is 9.45. The summed E-state index contributed by atoms with van der Waals surface area (Å²) in [5.41, 5.74) is 5.71. The van der Waals surface area contributed by atoms with E-state index in [1.165, 1.54) is 12.3 Å². The molecule has 0 amide bonds. The van der Waals surface area contributed by atoms with E-state index in [-0.39, 0.29) is 30.8 Å². The minimum atomic E-state index is -2.70. The number of pyridine rings is 1. The van der Waals surface area contributed by atoms with Crippen molar-refractivity contribution in [2.75, 3.05) is 6.61 Å². The molecule has 4 nitrogen and oxygen atoms in total. The Morgan fingerprint density at radius 2 is 2.29 bits per heavy atom. The van der Waals surface area contributed by atoms with Crippen LogP contribution in [0.25, 0.3) is 0 Å². The average molecular weight is 244 g/mol. The molecule has 0 aromatic carbocycles. The van der Waals surface area contributed by atoms with E-state index < -0.39 is 12.4 Å². The highest BCUT2D eigenvalue weighted by molar-refractivity contribution is 5.73. The van der Waals surface area contributed by atoms with E-state index >= 15 is 0 Å². The van der Waals surface area contributed by atoms with Gasteiger partial charge in [0.1, 0.15) is 5.69 Å². The topological polar surface area (TPSA) is 65.2 Å². The number of carbonyl (C=O) groups is 1. The van der Waals surface area contributed by atoms with Crippen LogP contribution in [0.3, 0.4) is 0 Å². The van der Waals surface area contributed by atoms with Gasteiger partial charge in [-0.3, -0.25) is 9.78 Å². The van der Waals surface area contributed by atoms with Crippen molar-refractivity contribution >= 4 is 5.97 Å². The van der Waals surface area contributed by atoms with E-state index in [1.54, 1.807) is 6.92 Å². The third-order valence-electron chi connectivity index (χ3n) is 2.24. The highest BCUT2D eigenvalue weighted by atomic mass is 19.3. The van der Waals surface area contributed by atoms with Gasteiger partial charge in [-0.1, -0.05) is 0 Å². The number of rotatable bonds is 5. The number of nitrogens with zero attached hydrogens (tertiary/aromatic N) is 1. The fraction of sp³-hybridized carbons (Fsp3) is 0.455. The summed E-state index contributed by atoms with van der Waals surface area (Å²) in [7, 11) is 0. The van der Waals surface area contributed by atoms with Crippen molar-refractivity contribution in [3.63, 3.8) is 0 Å². The van der Waals surface area contributed by atoms with Crippen LogP contribution in [0.1, 0.15) is 30.2 Å². The van der Waals surface area contributed by atoms with Crippen LogP contribution >= 0.6 is 0 Å². The zero-order chi connectivity index (χ0) is 12.8. The number of aromatic nitrogens is 1. The van der Waals surface area contributed by atoms with E-state index in [1.807, 2.05) is 0 Å². The van der Waals surface area contributed by atoms with Gasteiger partial charge in [-0.15, -0.1) is 0 Å². The van der Waals surface area contributed by atoms with Gasteiger partial charge in [0.05, 0.1) is 13.0 Å². The number of hydrogen-bond donors (Lipinski definition) is 1. The van der Waals surface area contributed by atoms with Crippen molar-refractivity contribution in [1.29, 1.82) is 0 Å². The van der Waals surface area contributed by atoms with E-state index in [0.29, 0.717) is 5.56 Å². The van der Waals surface area contributed by atoms with E-state index in [9.17, 15) is 13.6 Å². The monoisotopic (exact) mass is 244 g/mol. The number of hydrogen-bond acceptors (Lipinski definition) is 4. The molecule has 17 heavy (non-hydrogen) atoms. The normalized spacial score (nSPS) is 10.6. The van der Waals surface area contributed by atoms with Gasteiger partial charge in [0, 0.05) is 12.7 Å². The molecule has 0 radical (unpaired) electrons. The van der Waals surface area contributed by atoms with Gasteiger partial charge in [0.25, 0.3) is 6.43 Å². The van der Waals surface area contributed by atoms with Crippen LogP contribution in [0.15, 0.2) is 12.3 Å². The van der Waals surface area contributed by atoms with Crippen LogP contribution in [0, 0.1) is 0 Å². The lowest BCUT2D eigenvalue weighted by Gasteiger charge is -2.11. The van der Waals surface area contributed by atoms with Gasteiger partial charge in [0.15, 0.2) is 0 Å². The van der Waals surface area contributed by atoms with E-state index in [4.69, 9.17) is 10.5 Å². The third-order valence-corrected chi connectivity index (χ3v) is 2.24. The fourth-order valence-electron chi connectivity index (χ4n) is 1.51. The van der Waals surface area contributed by atoms with E-state index in [2.05, 4.69) is 4.98 Å². The Hall–Kier alpha value is -1.56. The summed E-state index contributed by atoms with van der Waals surface area (Å²) < 4.78 is 30.0. The van der Waals surface area contributed by atoms with E-state index in [0.717, 1.165) is 0 Å². The Morgan fingerprint density at radius 1 is 1.59 bits per heavy atom. The molecule has 6 heteroatoms. The summed E-state index contributed by atoms with van der Waals surface area (Å²) in [6, 6.07) is 1.50. The molecule has 1 aromatic rings. The second kappa shape index (κ2) is 6.24. The maximum atomic E-state index is 12.6. The van der Waals surface area contributed by atoms with Gasteiger partial charge in [-0.2, -0.15) is 0 Å². The summed E-state index contributed by atoms with van der Waals surface area (Å²) in [6.07, 6.45) is -1.52. The average Bonchev–Trinajstić information content (AvgIpc) is 2.28. The molecule has 0 atom stereocenters. The molecular formula is C11H14F2N2O2. The van der Waals surface area contributed by atoms with Crippen LogP contribution in [-0.4, -0.2) is 17.6 Å². The van der Waals surface area contributed by atoms with Gasteiger partial charge < -0.3 is 10.5 Å². The van der Waals surface area contributed by atoms with Crippen LogP contribution < -0.4 is 5.73 Å². The summed E-state index contributed by atoms with van der Waals surface area (Å²) in [5.74, 6) is -0.464. The first-order valence-electron chi connectivity index (χ1n) is 5.20. The quantitative estimate of drug-likeness (QED) is 0.799. The fourth-order valence-corrected chi connectivity index (χ4v) is 1.51. The molecule has 2 N–H and O–H groups in total. The first-order valence-corrected chi connectivity index (χ1v) is 5.20. The molecule has 0 unspecified atom stereocenters. The Labute approximate surface area is 97.8 Å². The molecule has 1 rings (SSSR count). The van der Waals surface area contributed by atoms with Crippen molar-refractivity contribution in [2.45, 2.75) is 26.3 Å². The minimum absolute atomic E-state index is 0.0669. The zero-order valence-electron chi connectivity index (χ0n) is 9.45. The van der Waals surface area contributed by atoms with Crippen molar-refractivity contribution in [3.8, 4) is 0 Å². The van der Waals surface area contributed by atoms with Crippen LogP contribution in [0.4, 0.5) is 8.78 Å². The smallest absolute Gasteiger partial charge is 0.310 e.